The van der Waals surface area contributed by atoms with Crippen LogP contribution in [0.3, 0.4) is 0 Å². The minimum Gasteiger partial charge on any atom is -0.347 e. The first-order valence-corrected chi connectivity index (χ1v) is 8.66. The van der Waals surface area contributed by atoms with Crippen LogP contribution in [0.25, 0.3) is 0 Å². The van der Waals surface area contributed by atoms with E-state index >= 15 is 0 Å². The lowest BCUT2D eigenvalue weighted by Crippen LogP contribution is -2.38. The predicted octanol–water partition coefficient (Wildman–Crippen LogP) is 2.32. The van der Waals surface area contributed by atoms with Crippen molar-refractivity contribution in [2.45, 2.75) is 57.8 Å². The Hall–Kier alpha value is -1.85. The first kappa shape index (κ1) is 16.0. The van der Waals surface area contributed by atoms with Crippen LogP contribution in [0.1, 0.15) is 63.5 Å². The van der Waals surface area contributed by atoms with Crippen molar-refractivity contribution in [3.05, 3.63) is 11.8 Å². The van der Waals surface area contributed by atoms with Gasteiger partial charge < -0.3 is 10.6 Å². The fraction of sp³-hybridized carbons (Fsp3) is 0.706. The van der Waals surface area contributed by atoms with Crippen LogP contribution in [0, 0.1) is 5.41 Å². The van der Waals surface area contributed by atoms with E-state index in [9.17, 15) is 9.59 Å². The normalized spacial score (nSPS) is 19.6. The van der Waals surface area contributed by atoms with E-state index in [4.69, 9.17) is 0 Å². The Morgan fingerprint density at radius 3 is 2.61 bits per heavy atom. The molecule has 2 saturated carbocycles. The van der Waals surface area contributed by atoms with Crippen molar-refractivity contribution in [1.29, 1.82) is 0 Å². The molecule has 0 atom stereocenters. The third kappa shape index (κ3) is 3.57. The summed E-state index contributed by atoms with van der Waals surface area (Å²) < 4.78 is 1.82. The zero-order valence-corrected chi connectivity index (χ0v) is 14.0. The van der Waals surface area contributed by atoms with Crippen LogP contribution in [-0.2, 0) is 16.6 Å². The summed E-state index contributed by atoms with van der Waals surface area (Å²) >= 11 is 0. The van der Waals surface area contributed by atoms with E-state index in [2.05, 4.69) is 22.7 Å². The Morgan fingerprint density at radius 1 is 1.30 bits per heavy atom. The van der Waals surface area contributed by atoms with Crippen molar-refractivity contribution >= 4 is 17.6 Å². The van der Waals surface area contributed by atoms with Gasteiger partial charge in [-0.1, -0.05) is 19.8 Å². The molecule has 1 aromatic heterocycles. The summed E-state index contributed by atoms with van der Waals surface area (Å²) in [4.78, 5) is 23.9. The third-order valence-electron chi connectivity index (χ3n) is 5.47. The number of nitrogens with zero attached hydrogens (tertiary/aromatic N) is 2. The number of hydrogen-bond donors (Lipinski definition) is 2. The molecule has 6 nitrogen and oxygen atoms in total. The first-order chi connectivity index (χ1) is 11.0. The maximum atomic E-state index is 12.0. The molecule has 2 fully saturated rings. The van der Waals surface area contributed by atoms with Gasteiger partial charge in [0.25, 0.3) is 0 Å². The van der Waals surface area contributed by atoms with Gasteiger partial charge in [-0.15, -0.1) is 0 Å². The van der Waals surface area contributed by atoms with Gasteiger partial charge in [0.05, 0.1) is 0 Å². The Morgan fingerprint density at radius 2 is 2.00 bits per heavy atom. The largest absolute Gasteiger partial charge is 0.347 e. The van der Waals surface area contributed by atoms with Gasteiger partial charge >= 0.3 is 11.8 Å². The summed E-state index contributed by atoms with van der Waals surface area (Å²) in [6.45, 7) is 2.71. The van der Waals surface area contributed by atoms with Crippen molar-refractivity contribution in [2.75, 3.05) is 11.9 Å². The predicted molar refractivity (Wildman–Crippen MR) is 88.0 cm³/mol. The van der Waals surface area contributed by atoms with Gasteiger partial charge in [0.1, 0.15) is 0 Å². The van der Waals surface area contributed by atoms with Gasteiger partial charge in [0.15, 0.2) is 5.82 Å². The molecule has 2 aliphatic rings. The topological polar surface area (TPSA) is 76.0 Å². The van der Waals surface area contributed by atoms with Crippen LogP contribution in [0.4, 0.5) is 5.82 Å². The Kier molecular flexibility index (Phi) is 4.41. The standard InChI is InChI=1S/C17H26N4O2/c1-3-17(8-9-17)11-18-15(22)16(23)19-14-10-13(21(2)20-14)12-6-4-5-7-12/h10,12H,3-9,11H2,1-2H3,(H,18,22)(H,19,20,23). The van der Waals surface area contributed by atoms with Crippen molar-refractivity contribution < 1.29 is 9.59 Å². The number of carbonyl (C=O) groups is 2. The highest BCUT2D eigenvalue weighted by atomic mass is 16.2. The SMILES string of the molecule is CCC1(CNC(=O)C(=O)Nc2cc(C3CCCC3)n(C)n2)CC1. The Labute approximate surface area is 137 Å². The number of rotatable bonds is 5. The molecule has 0 bridgehead atoms. The Bertz CT molecular complexity index is 598. The Balaban J connectivity index is 1.55. The minimum absolute atomic E-state index is 0.233. The lowest BCUT2D eigenvalue weighted by molar-refractivity contribution is -0.136. The van der Waals surface area contributed by atoms with Gasteiger partial charge in [-0.2, -0.15) is 5.10 Å². The molecule has 23 heavy (non-hydrogen) atoms. The number of aromatic nitrogens is 2. The fourth-order valence-electron chi connectivity index (χ4n) is 3.50. The molecule has 0 radical (unpaired) electrons. The van der Waals surface area contributed by atoms with E-state index in [1.54, 1.807) is 0 Å². The first-order valence-electron chi connectivity index (χ1n) is 8.66. The van der Waals surface area contributed by atoms with E-state index in [1.165, 1.54) is 25.7 Å². The molecule has 126 valence electrons. The summed E-state index contributed by atoms with van der Waals surface area (Å²) in [5, 5.41) is 9.69. The monoisotopic (exact) mass is 318 g/mol. The summed E-state index contributed by atoms with van der Waals surface area (Å²) in [6.07, 6.45) is 8.16. The zero-order chi connectivity index (χ0) is 16.4. The van der Waals surface area contributed by atoms with Crippen molar-refractivity contribution in [3.63, 3.8) is 0 Å². The van der Waals surface area contributed by atoms with E-state index in [-0.39, 0.29) is 5.41 Å². The number of carbonyl (C=O) groups excluding carboxylic acids is 2. The van der Waals surface area contributed by atoms with Gasteiger partial charge in [-0.05, 0) is 37.5 Å². The second-order valence-corrected chi connectivity index (χ2v) is 7.05. The van der Waals surface area contributed by atoms with E-state index in [0.717, 1.165) is 25.0 Å². The minimum atomic E-state index is -0.632. The highest BCUT2D eigenvalue weighted by molar-refractivity contribution is 6.39. The smallest absolute Gasteiger partial charge is 0.314 e. The molecule has 2 aliphatic carbocycles. The summed E-state index contributed by atoms with van der Waals surface area (Å²) in [6, 6.07) is 1.90. The van der Waals surface area contributed by atoms with Gasteiger partial charge in [-0.25, -0.2) is 0 Å². The molecule has 0 aromatic carbocycles. The molecule has 2 N–H and O–H groups in total. The number of nitrogens with one attached hydrogen (secondary N) is 2. The maximum absolute atomic E-state index is 12.0. The number of hydrogen-bond acceptors (Lipinski definition) is 3. The molecule has 0 aliphatic heterocycles. The van der Waals surface area contributed by atoms with Crippen LogP contribution in [0.5, 0.6) is 0 Å². The van der Waals surface area contributed by atoms with Crippen LogP contribution in [0.2, 0.25) is 0 Å². The summed E-state index contributed by atoms with van der Waals surface area (Å²) in [5.74, 6) is -0.219. The quantitative estimate of drug-likeness (QED) is 0.818. The highest BCUT2D eigenvalue weighted by Crippen LogP contribution is 2.47. The zero-order valence-electron chi connectivity index (χ0n) is 14.0. The number of anilines is 1. The van der Waals surface area contributed by atoms with Crippen LogP contribution >= 0.6 is 0 Å². The average molecular weight is 318 g/mol. The molecule has 3 rings (SSSR count). The van der Waals surface area contributed by atoms with Gasteiger partial charge in [0, 0.05) is 31.3 Å². The van der Waals surface area contributed by atoms with E-state index in [0.29, 0.717) is 18.3 Å². The van der Waals surface area contributed by atoms with E-state index < -0.39 is 11.8 Å². The van der Waals surface area contributed by atoms with Crippen molar-refractivity contribution in [1.82, 2.24) is 15.1 Å². The average Bonchev–Trinajstić information content (AvgIpc) is 2.93. The molecule has 1 aromatic rings. The van der Waals surface area contributed by atoms with Gasteiger partial charge in [0.2, 0.25) is 0 Å². The lowest BCUT2D eigenvalue weighted by Gasteiger charge is -2.12. The second-order valence-electron chi connectivity index (χ2n) is 7.05. The van der Waals surface area contributed by atoms with Gasteiger partial charge in [-0.3, -0.25) is 14.3 Å². The molecule has 1 heterocycles. The molecule has 6 heteroatoms. The molecular formula is C17H26N4O2. The van der Waals surface area contributed by atoms with E-state index in [1.807, 2.05) is 17.8 Å². The highest BCUT2D eigenvalue weighted by Gasteiger charge is 2.41. The molecule has 0 saturated heterocycles. The molecule has 2 amide bonds. The molecular weight excluding hydrogens is 292 g/mol. The maximum Gasteiger partial charge on any atom is 0.314 e. The summed E-state index contributed by atoms with van der Waals surface area (Å²) in [5.41, 5.74) is 1.37. The number of aryl methyl sites for hydroxylation is 1. The lowest BCUT2D eigenvalue weighted by atomic mass is 10.0. The van der Waals surface area contributed by atoms with Crippen molar-refractivity contribution in [2.24, 2.45) is 12.5 Å². The van der Waals surface area contributed by atoms with Crippen LogP contribution in [-0.4, -0.2) is 28.1 Å². The second kappa shape index (κ2) is 6.34. The number of amides is 2. The third-order valence-corrected chi connectivity index (χ3v) is 5.47. The van der Waals surface area contributed by atoms with Crippen LogP contribution in [0.15, 0.2) is 6.07 Å². The van der Waals surface area contributed by atoms with Crippen molar-refractivity contribution in [3.8, 4) is 0 Å². The summed E-state index contributed by atoms with van der Waals surface area (Å²) in [7, 11) is 1.89. The molecule has 0 spiro atoms. The van der Waals surface area contributed by atoms with Crippen LogP contribution < -0.4 is 10.6 Å². The fourth-order valence-corrected chi connectivity index (χ4v) is 3.50. The molecule has 0 unspecified atom stereocenters.